The van der Waals surface area contributed by atoms with Crippen LogP contribution >= 0.6 is 11.3 Å². The molecule has 2 amide bonds. The van der Waals surface area contributed by atoms with Crippen molar-refractivity contribution in [3.8, 4) is 21.8 Å². The Labute approximate surface area is 173 Å². The second-order valence-corrected chi connectivity index (χ2v) is 7.80. The normalized spacial score (nSPS) is 11.6. The van der Waals surface area contributed by atoms with Gasteiger partial charge in [-0.05, 0) is 31.2 Å². The SMILES string of the molecule is Cc1cnc(-c2ccn3c(-c4cccc(NC(=O)NCC(F)(F)F)c4)cnc3c2)s1. The van der Waals surface area contributed by atoms with Crippen LogP contribution in [0, 0.1) is 6.92 Å². The van der Waals surface area contributed by atoms with Crippen molar-refractivity contribution in [1.82, 2.24) is 19.7 Å². The third-order valence-electron chi connectivity index (χ3n) is 4.25. The number of halogens is 3. The van der Waals surface area contributed by atoms with Gasteiger partial charge in [0.15, 0.2) is 0 Å². The summed E-state index contributed by atoms with van der Waals surface area (Å²) in [5.41, 5.74) is 3.61. The molecule has 2 N–H and O–H groups in total. The van der Waals surface area contributed by atoms with E-state index in [1.165, 1.54) is 0 Å². The molecule has 0 unspecified atom stereocenters. The van der Waals surface area contributed by atoms with Gasteiger partial charge in [-0.2, -0.15) is 13.2 Å². The zero-order valence-corrected chi connectivity index (χ0v) is 16.5. The fourth-order valence-electron chi connectivity index (χ4n) is 2.93. The zero-order valence-electron chi connectivity index (χ0n) is 15.7. The lowest BCUT2D eigenvalue weighted by Gasteiger charge is -2.10. The number of imidazole rings is 1. The molecule has 0 saturated heterocycles. The van der Waals surface area contributed by atoms with Gasteiger partial charge in [-0.25, -0.2) is 14.8 Å². The molecule has 30 heavy (non-hydrogen) atoms. The highest BCUT2D eigenvalue weighted by atomic mass is 32.1. The van der Waals surface area contributed by atoms with E-state index in [9.17, 15) is 18.0 Å². The largest absolute Gasteiger partial charge is 0.405 e. The van der Waals surface area contributed by atoms with Crippen LogP contribution in [0.5, 0.6) is 0 Å². The Hall–Kier alpha value is -3.40. The maximum absolute atomic E-state index is 12.2. The first-order valence-corrected chi connectivity index (χ1v) is 9.72. The standard InChI is InChI=1S/C20H16F3N5OS/c1-12-9-25-18(30-12)14-5-6-28-16(10-24-17(28)8-14)13-3-2-4-15(7-13)27-19(29)26-11-20(21,22)23/h2-10H,11H2,1H3,(H2,26,27,29). The van der Waals surface area contributed by atoms with E-state index in [1.54, 1.807) is 41.0 Å². The van der Waals surface area contributed by atoms with Crippen molar-refractivity contribution >= 4 is 28.7 Å². The molecule has 0 atom stereocenters. The van der Waals surface area contributed by atoms with E-state index in [4.69, 9.17) is 0 Å². The molecule has 0 spiro atoms. The first-order chi connectivity index (χ1) is 14.3. The minimum Gasteiger partial charge on any atom is -0.329 e. The molecule has 0 bridgehead atoms. The van der Waals surface area contributed by atoms with Crippen molar-refractivity contribution in [2.24, 2.45) is 0 Å². The van der Waals surface area contributed by atoms with E-state index in [0.717, 1.165) is 32.4 Å². The number of rotatable bonds is 4. The minimum atomic E-state index is -4.47. The van der Waals surface area contributed by atoms with Gasteiger partial charge < -0.3 is 10.6 Å². The predicted octanol–water partition coefficient (Wildman–Crippen LogP) is 5.12. The maximum atomic E-state index is 12.2. The van der Waals surface area contributed by atoms with Crippen LogP contribution in [0.1, 0.15) is 4.88 Å². The van der Waals surface area contributed by atoms with Crippen molar-refractivity contribution in [2.75, 3.05) is 11.9 Å². The molecule has 0 fully saturated rings. The van der Waals surface area contributed by atoms with Crippen molar-refractivity contribution in [1.29, 1.82) is 0 Å². The molecule has 0 aliphatic carbocycles. The van der Waals surface area contributed by atoms with Gasteiger partial charge in [0, 0.05) is 34.1 Å². The monoisotopic (exact) mass is 431 g/mol. The number of pyridine rings is 1. The summed E-state index contributed by atoms with van der Waals surface area (Å²) in [4.78, 5) is 21.7. The number of amides is 2. The van der Waals surface area contributed by atoms with E-state index in [2.05, 4.69) is 15.3 Å². The van der Waals surface area contributed by atoms with Crippen LogP contribution < -0.4 is 10.6 Å². The van der Waals surface area contributed by atoms with Gasteiger partial charge in [0.2, 0.25) is 0 Å². The summed E-state index contributed by atoms with van der Waals surface area (Å²) in [6, 6.07) is 9.78. The van der Waals surface area contributed by atoms with Crippen LogP contribution in [0.15, 0.2) is 55.0 Å². The van der Waals surface area contributed by atoms with Crippen LogP contribution in [-0.4, -0.2) is 33.1 Å². The summed E-state index contributed by atoms with van der Waals surface area (Å²) in [6.45, 7) is 0.602. The van der Waals surface area contributed by atoms with E-state index in [0.29, 0.717) is 5.69 Å². The molecule has 0 saturated carbocycles. The molecular weight excluding hydrogens is 415 g/mol. The van der Waals surface area contributed by atoms with Gasteiger partial charge in [-0.15, -0.1) is 11.3 Å². The Bertz CT molecular complexity index is 1210. The summed E-state index contributed by atoms with van der Waals surface area (Å²) in [5, 5.41) is 5.10. The molecule has 1 aromatic carbocycles. The number of nitrogens with zero attached hydrogens (tertiary/aromatic N) is 3. The zero-order chi connectivity index (χ0) is 21.3. The average molecular weight is 431 g/mol. The van der Waals surface area contributed by atoms with Crippen molar-refractivity contribution in [3.05, 3.63) is 59.9 Å². The first kappa shape index (κ1) is 19.9. The molecule has 6 nitrogen and oxygen atoms in total. The van der Waals surface area contributed by atoms with Gasteiger partial charge in [0.25, 0.3) is 0 Å². The second kappa shape index (κ2) is 7.79. The lowest BCUT2D eigenvalue weighted by atomic mass is 10.1. The number of carbonyl (C=O) groups excluding carboxylic acids is 1. The Kier molecular flexibility index (Phi) is 5.17. The lowest BCUT2D eigenvalue weighted by Crippen LogP contribution is -2.36. The number of carbonyl (C=O) groups is 1. The molecule has 10 heteroatoms. The number of nitrogens with one attached hydrogen (secondary N) is 2. The quantitative estimate of drug-likeness (QED) is 0.471. The molecule has 0 radical (unpaired) electrons. The number of hydrogen-bond acceptors (Lipinski definition) is 4. The molecule has 3 aromatic heterocycles. The number of thiazole rings is 1. The van der Waals surface area contributed by atoms with Gasteiger partial charge in [0.05, 0.1) is 11.9 Å². The lowest BCUT2D eigenvalue weighted by molar-refractivity contribution is -0.122. The van der Waals surface area contributed by atoms with Crippen LogP contribution in [0.3, 0.4) is 0 Å². The fraction of sp³-hybridized carbons (Fsp3) is 0.150. The van der Waals surface area contributed by atoms with Crippen molar-refractivity contribution in [3.63, 3.8) is 0 Å². The highest BCUT2D eigenvalue weighted by molar-refractivity contribution is 7.14. The number of aromatic nitrogens is 3. The molecule has 154 valence electrons. The van der Waals surface area contributed by atoms with Crippen molar-refractivity contribution in [2.45, 2.75) is 13.1 Å². The number of anilines is 1. The summed E-state index contributed by atoms with van der Waals surface area (Å²) in [6.07, 6.45) is 0.950. The fourth-order valence-corrected chi connectivity index (χ4v) is 3.69. The van der Waals surface area contributed by atoms with Crippen molar-refractivity contribution < 1.29 is 18.0 Å². The molecule has 4 rings (SSSR count). The summed E-state index contributed by atoms with van der Waals surface area (Å²) >= 11 is 1.60. The maximum Gasteiger partial charge on any atom is 0.405 e. The third kappa shape index (κ3) is 4.43. The van der Waals surface area contributed by atoms with Crippen LogP contribution in [0.4, 0.5) is 23.7 Å². The smallest absolute Gasteiger partial charge is 0.329 e. The summed E-state index contributed by atoms with van der Waals surface area (Å²) < 4.78 is 38.6. The highest BCUT2D eigenvalue weighted by Crippen LogP contribution is 2.28. The molecule has 3 heterocycles. The topological polar surface area (TPSA) is 71.3 Å². The summed E-state index contributed by atoms with van der Waals surface area (Å²) in [7, 11) is 0. The Morgan fingerprint density at radius 2 is 1.97 bits per heavy atom. The minimum absolute atomic E-state index is 0.372. The van der Waals surface area contributed by atoms with Gasteiger partial charge in [-0.3, -0.25) is 4.40 Å². The Morgan fingerprint density at radius 3 is 2.70 bits per heavy atom. The molecular formula is C20H16F3N5OS. The van der Waals surface area contributed by atoms with Crippen LogP contribution in [-0.2, 0) is 0 Å². The average Bonchev–Trinajstić information content (AvgIpc) is 3.32. The van der Waals surface area contributed by atoms with Crippen LogP contribution in [0.2, 0.25) is 0 Å². The van der Waals surface area contributed by atoms with E-state index < -0.39 is 18.8 Å². The number of aryl methyl sites for hydroxylation is 1. The number of alkyl halides is 3. The van der Waals surface area contributed by atoms with Gasteiger partial charge in [0.1, 0.15) is 17.2 Å². The first-order valence-electron chi connectivity index (χ1n) is 8.90. The predicted molar refractivity (Wildman–Crippen MR) is 110 cm³/mol. The second-order valence-electron chi connectivity index (χ2n) is 6.57. The molecule has 0 aliphatic heterocycles. The number of urea groups is 1. The van der Waals surface area contributed by atoms with E-state index >= 15 is 0 Å². The number of hydrogen-bond donors (Lipinski definition) is 2. The number of fused-ring (bicyclic) bond motifs is 1. The van der Waals surface area contributed by atoms with Gasteiger partial charge in [-0.1, -0.05) is 12.1 Å². The van der Waals surface area contributed by atoms with Crippen LogP contribution in [0.25, 0.3) is 27.5 Å². The molecule has 4 aromatic rings. The highest BCUT2D eigenvalue weighted by Gasteiger charge is 2.27. The Balaban J connectivity index is 1.57. The van der Waals surface area contributed by atoms with E-state index in [-0.39, 0.29) is 0 Å². The number of benzene rings is 1. The van der Waals surface area contributed by atoms with Gasteiger partial charge >= 0.3 is 12.2 Å². The third-order valence-corrected chi connectivity index (χ3v) is 5.21. The summed E-state index contributed by atoms with van der Waals surface area (Å²) in [5.74, 6) is 0. The molecule has 0 aliphatic rings. The van der Waals surface area contributed by atoms with E-state index in [1.807, 2.05) is 41.9 Å². The Morgan fingerprint density at radius 1 is 1.13 bits per heavy atom.